The second kappa shape index (κ2) is 6.35. The Hall–Kier alpha value is -2.93. The maximum atomic E-state index is 13.9. The molecule has 6 nitrogen and oxygen atoms in total. The molecule has 3 amide bonds. The van der Waals surface area contributed by atoms with E-state index in [1.165, 1.54) is 18.2 Å². The molecule has 0 aromatic heterocycles. The molecule has 0 bridgehead atoms. The summed E-state index contributed by atoms with van der Waals surface area (Å²) in [6.45, 7) is 5.21. The van der Waals surface area contributed by atoms with Crippen molar-refractivity contribution in [2.75, 3.05) is 5.32 Å². The summed E-state index contributed by atoms with van der Waals surface area (Å²) in [5.41, 5.74) is -0.518. The Morgan fingerprint density at radius 1 is 1.11 bits per heavy atom. The van der Waals surface area contributed by atoms with Gasteiger partial charge in [-0.3, -0.25) is 19.3 Å². The van der Waals surface area contributed by atoms with Crippen LogP contribution >= 0.6 is 11.6 Å². The minimum atomic E-state index is -0.864. The lowest BCUT2D eigenvalue weighted by Gasteiger charge is -2.29. The van der Waals surface area contributed by atoms with E-state index >= 15 is 0 Å². The Balaban J connectivity index is 1.92. The molecule has 0 fully saturated rings. The van der Waals surface area contributed by atoms with Gasteiger partial charge < -0.3 is 10.4 Å². The number of imide groups is 1. The van der Waals surface area contributed by atoms with E-state index in [-0.39, 0.29) is 27.4 Å². The third-order valence-corrected chi connectivity index (χ3v) is 4.41. The van der Waals surface area contributed by atoms with Gasteiger partial charge >= 0.3 is 0 Å². The van der Waals surface area contributed by atoms with Crippen LogP contribution in [0.1, 0.15) is 51.8 Å². The van der Waals surface area contributed by atoms with Crippen LogP contribution in [-0.2, 0) is 0 Å². The number of carbonyl (C=O) groups is 3. The van der Waals surface area contributed by atoms with Crippen LogP contribution in [0.3, 0.4) is 0 Å². The third kappa shape index (κ3) is 3.26. The first-order valence-corrected chi connectivity index (χ1v) is 8.41. The van der Waals surface area contributed by atoms with Gasteiger partial charge in [0.2, 0.25) is 0 Å². The van der Waals surface area contributed by atoms with E-state index in [0.717, 1.165) is 17.0 Å². The number of benzene rings is 2. The number of aromatic hydroxyl groups is 1. The summed E-state index contributed by atoms with van der Waals surface area (Å²) in [5, 5.41) is 11.6. The molecule has 0 saturated carbocycles. The zero-order valence-corrected chi connectivity index (χ0v) is 15.5. The van der Waals surface area contributed by atoms with Gasteiger partial charge in [-0.05, 0) is 45.0 Å². The van der Waals surface area contributed by atoms with Crippen LogP contribution in [0.2, 0.25) is 5.02 Å². The van der Waals surface area contributed by atoms with Gasteiger partial charge in [0.15, 0.2) is 5.82 Å². The van der Waals surface area contributed by atoms with Crippen LogP contribution in [0.25, 0.3) is 0 Å². The first-order valence-electron chi connectivity index (χ1n) is 8.03. The van der Waals surface area contributed by atoms with Crippen LogP contribution in [0.5, 0.6) is 5.75 Å². The van der Waals surface area contributed by atoms with Crippen molar-refractivity contribution in [2.45, 2.75) is 26.3 Å². The fourth-order valence-electron chi connectivity index (χ4n) is 2.82. The van der Waals surface area contributed by atoms with Crippen molar-refractivity contribution in [3.8, 4) is 5.75 Å². The van der Waals surface area contributed by atoms with Gasteiger partial charge in [-0.2, -0.15) is 0 Å². The van der Waals surface area contributed by atoms with Crippen LogP contribution in [0, 0.1) is 5.82 Å². The Labute approximate surface area is 159 Å². The second-order valence-corrected chi connectivity index (χ2v) is 7.52. The first kappa shape index (κ1) is 18.8. The third-order valence-electron chi connectivity index (χ3n) is 4.10. The molecular formula is C19H16ClFN2O4. The number of fused-ring (bicyclic) bond motifs is 1. The average Bonchev–Trinajstić information content (AvgIpc) is 2.83. The van der Waals surface area contributed by atoms with Crippen molar-refractivity contribution in [2.24, 2.45) is 0 Å². The minimum Gasteiger partial charge on any atom is -0.506 e. The number of hydrogen-bond donors (Lipinski definition) is 2. The number of rotatable bonds is 2. The Morgan fingerprint density at radius 3 is 2.37 bits per heavy atom. The molecule has 1 aliphatic rings. The minimum absolute atomic E-state index is 0.0780. The summed E-state index contributed by atoms with van der Waals surface area (Å²) >= 11 is 5.73. The topological polar surface area (TPSA) is 86.7 Å². The van der Waals surface area contributed by atoms with Crippen molar-refractivity contribution in [3.63, 3.8) is 0 Å². The molecule has 0 spiro atoms. The lowest BCUT2D eigenvalue weighted by Crippen LogP contribution is -2.45. The molecule has 1 aliphatic heterocycles. The molecule has 140 valence electrons. The summed E-state index contributed by atoms with van der Waals surface area (Å²) in [6.07, 6.45) is 0. The van der Waals surface area contributed by atoms with Gasteiger partial charge in [0.1, 0.15) is 5.75 Å². The average molecular weight is 391 g/mol. The van der Waals surface area contributed by atoms with Crippen molar-refractivity contribution in [1.29, 1.82) is 0 Å². The summed E-state index contributed by atoms with van der Waals surface area (Å²) in [4.78, 5) is 38.6. The zero-order valence-electron chi connectivity index (χ0n) is 14.8. The Morgan fingerprint density at radius 2 is 1.74 bits per heavy atom. The molecule has 8 heteroatoms. The van der Waals surface area contributed by atoms with Crippen LogP contribution in [0.15, 0.2) is 30.3 Å². The van der Waals surface area contributed by atoms with E-state index in [1.54, 1.807) is 20.8 Å². The fourth-order valence-corrected chi connectivity index (χ4v) is 2.98. The number of halogens is 2. The van der Waals surface area contributed by atoms with Crippen molar-refractivity contribution in [3.05, 3.63) is 57.9 Å². The molecular weight excluding hydrogens is 375 g/mol. The molecule has 2 aromatic rings. The van der Waals surface area contributed by atoms with E-state index in [0.29, 0.717) is 0 Å². The Kier molecular flexibility index (Phi) is 4.43. The van der Waals surface area contributed by atoms with Gasteiger partial charge in [0.25, 0.3) is 17.7 Å². The lowest BCUT2D eigenvalue weighted by molar-refractivity contribution is 0.0507. The SMILES string of the molecule is CC(C)(C)N1C(=O)c2ccc(C(=O)Nc3cc(Cl)c(O)cc3F)cc2C1=O. The number of hydrogen-bond acceptors (Lipinski definition) is 4. The van der Waals surface area contributed by atoms with Gasteiger partial charge in [0, 0.05) is 17.2 Å². The van der Waals surface area contributed by atoms with Gasteiger partial charge in [-0.1, -0.05) is 11.6 Å². The number of nitrogens with one attached hydrogen (secondary N) is 1. The smallest absolute Gasteiger partial charge is 0.262 e. The molecule has 2 N–H and O–H groups in total. The molecule has 0 unspecified atom stereocenters. The van der Waals surface area contributed by atoms with E-state index in [9.17, 15) is 23.9 Å². The number of phenolic OH excluding ortho intramolecular Hbond substituents is 1. The highest BCUT2D eigenvalue weighted by molar-refractivity contribution is 6.32. The molecule has 0 aliphatic carbocycles. The number of phenols is 1. The standard InChI is InChI=1S/C19H16ClFN2O4/c1-19(2,3)23-17(26)10-5-4-9(6-11(10)18(23)27)16(25)22-14-7-12(20)15(24)8-13(14)21/h4-8,24H,1-3H3,(H,22,25). The molecule has 27 heavy (non-hydrogen) atoms. The molecule has 0 radical (unpaired) electrons. The zero-order chi connectivity index (χ0) is 20.1. The molecule has 0 atom stereocenters. The number of nitrogens with zero attached hydrogens (tertiary/aromatic N) is 1. The second-order valence-electron chi connectivity index (χ2n) is 7.11. The summed E-state index contributed by atoms with van der Waals surface area (Å²) in [6, 6.07) is 5.94. The maximum Gasteiger partial charge on any atom is 0.262 e. The number of amides is 3. The predicted octanol–water partition coefficient (Wildman–Crippen LogP) is 3.83. The van der Waals surface area contributed by atoms with Gasteiger partial charge in [-0.15, -0.1) is 0 Å². The largest absolute Gasteiger partial charge is 0.506 e. The van der Waals surface area contributed by atoms with Crippen LogP contribution in [0.4, 0.5) is 10.1 Å². The summed E-state index contributed by atoms with van der Waals surface area (Å²) < 4.78 is 13.9. The van der Waals surface area contributed by atoms with Crippen LogP contribution < -0.4 is 5.32 Å². The highest BCUT2D eigenvalue weighted by Gasteiger charge is 2.42. The first-order chi connectivity index (χ1) is 12.5. The van der Waals surface area contributed by atoms with Crippen LogP contribution in [-0.4, -0.2) is 33.3 Å². The van der Waals surface area contributed by atoms with E-state index in [2.05, 4.69) is 5.32 Å². The van der Waals surface area contributed by atoms with Crippen molar-refractivity contribution >= 4 is 35.0 Å². The summed E-state index contributed by atoms with van der Waals surface area (Å²) in [5.74, 6) is -2.91. The normalized spacial score (nSPS) is 13.7. The fraction of sp³-hybridized carbons (Fsp3) is 0.211. The highest BCUT2D eigenvalue weighted by atomic mass is 35.5. The predicted molar refractivity (Wildman–Crippen MR) is 97.7 cm³/mol. The van der Waals surface area contributed by atoms with E-state index in [4.69, 9.17) is 11.6 Å². The van der Waals surface area contributed by atoms with Gasteiger partial charge in [-0.25, -0.2) is 4.39 Å². The van der Waals surface area contributed by atoms with E-state index in [1.807, 2.05) is 0 Å². The quantitative estimate of drug-likeness (QED) is 0.602. The Bertz CT molecular complexity index is 998. The van der Waals surface area contributed by atoms with Crippen molar-refractivity contribution < 1.29 is 23.9 Å². The molecule has 3 rings (SSSR count). The number of anilines is 1. The maximum absolute atomic E-state index is 13.9. The molecule has 0 saturated heterocycles. The number of carbonyl (C=O) groups excluding carboxylic acids is 3. The summed E-state index contributed by atoms with van der Waals surface area (Å²) in [7, 11) is 0. The van der Waals surface area contributed by atoms with Crippen molar-refractivity contribution in [1.82, 2.24) is 4.90 Å². The highest BCUT2D eigenvalue weighted by Crippen LogP contribution is 2.31. The lowest BCUT2D eigenvalue weighted by atomic mass is 10.1. The molecule has 2 aromatic carbocycles. The van der Waals surface area contributed by atoms with Gasteiger partial charge in [0.05, 0.1) is 21.8 Å². The van der Waals surface area contributed by atoms with E-state index < -0.39 is 34.8 Å². The molecule has 1 heterocycles. The monoisotopic (exact) mass is 390 g/mol.